The van der Waals surface area contributed by atoms with E-state index >= 15 is 0 Å². The van der Waals surface area contributed by atoms with Crippen molar-refractivity contribution in [2.75, 3.05) is 45.1 Å². The Morgan fingerprint density at radius 3 is 2.41 bits per heavy atom. The van der Waals surface area contributed by atoms with Crippen molar-refractivity contribution in [1.29, 1.82) is 0 Å². The molecule has 0 aliphatic carbocycles. The largest absolute Gasteiger partial charge is 0.493 e. The highest BCUT2D eigenvalue weighted by Gasteiger charge is 2.38. The van der Waals surface area contributed by atoms with E-state index in [4.69, 9.17) is 14.2 Å². The highest BCUT2D eigenvalue weighted by atomic mass is 32.2. The van der Waals surface area contributed by atoms with E-state index in [1.54, 1.807) is 67.7 Å². The molecule has 0 spiro atoms. The first kappa shape index (κ1) is 33.8. The molecular formula is C37H40N4O7S. The summed E-state index contributed by atoms with van der Waals surface area (Å²) in [7, 11) is 0.364. The van der Waals surface area contributed by atoms with Gasteiger partial charge in [-0.1, -0.05) is 30.3 Å². The Morgan fingerprint density at radius 1 is 0.878 bits per heavy atom. The van der Waals surface area contributed by atoms with Gasteiger partial charge >= 0.3 is 6.09 Å². The summed E-state index contributed by atoms with van der Waals surface area (Å²) in [5.41, 5.74) is 4.63. The summed E-state index contributed by atoms with van der Waals surface area (Å²) >= 11 is 0. The number of hydrogen-bond donors (Lipinski definition) is 3. The maximum Gasteiger partial charge on any atom is 0.411 e. The Kier molecular flexibility index (Phi) is 10.1. The average molecular weight is 685 g/mol. The number of nitrogens with one attached hydrogen (secondary N) is 3. The zero-order chi connectivity index (χ0) is 34.5. The Morgan fingerprint density at radius 2 is 1.65 bits per heavy atom. The summed E-state index contributed by atoms with van der Waals surface area (Å²) in [6.45, 7) is 2.06. The predicted molar refractivity (Wildman–Crippen MR) is 186 cm³/mol. The highest BCUT2D eigenvalue weighted by molar-refractivity contribution is 7.91. The van der Waals surface area contributed by atoms with Gasteiger partial charge in [0.25, 0.3) is 0 Å². The van der Waals surface area contributed by atoms with Crippen LogP contribution in [0.2, 0.25) is 0 Å². The molecule has 1 saturated heterocycles. The van der Waals surface area contributed by atoms with E-state index in [0.29, 0.717) is 47.7 Å². The Hall–Kier alpha value is -5.07. The van der Waals surface area contributed by atoms with Gasteiger partial charge in [-0.15, -0.1) is 0 Å². The van der Waals surface area contributed by atoms with Gasteiger partial charge in [-0.25, -0.2) is 13.2 Å². The lowest BCUT2D eigenvalue weighted by Gasteiger charge is -2.32. The van der Waals surface area contributed by atoms with Gasteiger partial charge in [-0.05, 0) is 103 Å². The van der Waals surface area contributed by atoms with Crippen LogP contribution in [0.15, 0.2) is 94.7 Å². The molecule has 256 valence electrons. The van der Waals surface area contributed by atoms with Crippen molar-refractivity contribution in [3.05, 3.63) is 107 Å². The van der Waals surface area contributed by atoms with E-state index in [2.05, 4.69) is 28.1 Å². The summed E-state index contributed by atoms with van der Waals surface area (Å²) in [6.07, 6.45) is 1.41. The van der Waals surface area contributed by atoms with Crippen LogP contribution in [0, 0.1) is 0 Å². The van der Waals surface area contributed by atoms with E-state index in [1.165, 1.54) is 30.4 Å². The number of anilines is 2. The summed E-state index contributed by atoms with van der Waals surface area (Å²) < 4.78 is 44.0. The molecule has 1 fully saturated rings. The lowest BCUT2D eigenvalue weighted by atomic mass is 9.98. The highest BCUT2D eigenvalue weighted by Crippen LogP contribution is 2.41. The number of hydrogen-bond acceptors (Lipinski definition) is 9. The lowest BCUT2D eigenvalue weighted by Crippen LogP contribution is -2.38. The summed E-state index contributed by atoms with van der Waals surface area (Å²) in [5.74, 6) is 0.770. The van der Waals surface area contributed by atoms with Crippen LogP contribution < -0.4 is 25.4 Å². The van der Waals surface area contributed by atoms with E-state index in [0.717, 1.165) is 25.2 Å². The fourth-order valence-electron chi connectivity index (χ4n) is 6.60. The van der Waals surface area contributed by atoms with Crippen molar-refractivity contribution in [2.24, 2.45) is 0 Å². The number of ether oxygens (including phenoxy) is 3. The number of sulfone groups is 1. The maximum absolute atomic E-state index is 14.9. The monoisotopic (exact) mass is 684 g/mol. The SMILES string of the molecule is COC(=O)Nc1ccc(S(=O)(=O)c2ccccc2)c([C@H]2CCCN2C(=O)[C@H](Nc2ccc3c(c2)CNCC3)c2ccc(OC)c(OC)c2)c1. The fraction of sp³-hybridized carbons (Fsp3) is 0.297. The molecule has 49 heavy (non-hydrogen) atoms. The molecule has 6 rings (SSSR count). The maximum atomic E-state index is 14.9. The third kappa shape index (κ3) is 7.06. The molecule has 12 heteroatoms. The Balaban J connectivity index is 1.43. The molecule has 2 aliphatic rings. The predicted octanol–water partition coefficient (Wildman–Crippen LogP) is 5.88. The minimum Gasteiger partial charge on any atom is -0.493 e. The number of likely N-dealkylation sites (tertiary alicyclic amines) is 1. The number of rotatable bonds is 10. The van der Waals surface area contributed by atoms with Crippen LogP contribution in [0.25, 0.3) is 0 Å². The molecule has 2 heterocycles. The molecule has 0 radical (unpaired) electrons. The minimum atomic E-state index is -3.99. The first-order valence-electron chi connectivity index (χ1n) is 16.1. The van der Waals surface area contributed by atoms with E-state index in [1.807, 2.05) is 12.1 Å². The van der Waals surface area contributed by atoms with Crippen LogP contribution in [0.3, 0.4) is 0 Å². The number of amides is 2. The second-order valence-electron chi connectivity index (χ2n) is 12.0. The van der Waals surface area contributed by atoms with Gasteiger partial charge < -0.3 is 29.7 Å². The second kappa shape index (κ2) is 14.6. The lowest BCUT2D eigenvalue weighted by molar-refractivity contribution is -0.133. The Bertz CT molecular complexity index is 1950. The third-order valence-electron chi connectivity index (χ3n) is 9.07. The molecule has 0 aromatic heterocycles. The van der Waals surface area contributed by atoms with Crippen LogP contribution in [0.4, 0.5) is 16.2 Å². The van der Waals surface area contributed by atoms with Gasteiger partial charge in [0.2, 0.25) is 15.7 Å². The molecule has 2 atom stereocenters. The van der Waals surface area contributed by atoms with E-state index < -0.39 is 28.0 Å². The molecule has 2 aliphatic heterocycles. The number of nitrogens with zero attached hydrogens (tertiary/aromatic N) is 1. The molecule has 3 N–H and O–H groups in total. The van der Waals surface area contributed by atoms with Crippen molar-refractivity contribution in [1.82, 2.24) is 10.2 Å². The second-order valence-corrected chi connectivity index (χ2v) is 13.9. The first-order chi connectivity index (χ1) is 23.7. The van der Waals surface area contributed by atoms with Crippen LogP contribution in [0.5, 0.6) is 11.5 Å². The molecule has 4 aromatic carbocycles. The van der Waals surface area contributed by atoms with Gasteiger partial charge in [0.15, 0.2) is 11.5 Å². The van der Waals surface area contributed by atoms with Crippen LogP contribution in [-0.2, 0) is 32.3 Å². The summed E-state index contributed by atoms with van der Waals surface area (Å²) in [6, 6.07) is 22.9. The number of fused-ring (bicyclic) bond motifs is 1. The van der Waals surface area contributed by atoms with Crippen molar-refractivity contribution in [3.8, 4) is 11.5 Å². The summed E-state index contributed by atoms with van der Waals surface area (Å²) in [5, 5.41) is 9.54. The number of benzene rings is 4. The fourth-order valence-corrected chi connectivity index (χ4v) is 8.13. The third-order valence-corrected chi connectivity index (χ3v) is 10.9. The summed E-state index contributed by atoms with van der Waals surface area (Å²) in [4.78, 5) is 28.9. The molecule has 11 nitrogen and oxygen atoms in total. The van der Waals surface area contributed by atoms with Crippen LogP contribution in [0.1, 0.15) is 47.2 Å². The van der Waals surface area contributed by atoms with Gasteiger partial charge in [0.1, 0.15) is 6.04 Å². The minimum absolute atomic E-state index is 0.0663. The number of carbonyl (C=O) groups is 2. The van der Waals surface area contributed by atoms with E-state index in [9.17, 15) is 18.0 Å². The Labute approximate surface area is 286 Å². The molecule has 4 aromatic rings. The van der Waals surface area contributed by atoms with Gasteiger partial charge in [-0.2, -0.15) is 0 Å². The van der Waals surface area contributed by atoms with Crippen LogP contribution >= 0.6 is 0 Å². The zero-order valence-corrected chi connectivity index (χ0v) is 28.5. The quantitative estimate of drug-likeness (QED) is 0.187. The average Bonchev–Trinajstić information content (AvgIpc) is 3.63. The normalized spacial score (nSPS) is 16.3. The number of methoxy groups -OCH3 is 3. The van der Waals surface area contributed by atoms with Crippen molar-refractivity contribution < 1.29 is 32.2 Å². The standard InChI is InChI=1S/C37H40N4O7S/c1-46-32-15-12-25(21-33(32)47-2)35(39-27-13-11-24-17-18-38-23-26(24)20-27)36(42)41-19-7-10-31(41)30-22-28(40-37(43)48-3)14-16-34(30)49(44,45)29-8-5-4-6-9-29/h4-6,8-9,11-16,20-22,31,35,38-39H,7,10,17-19,23H2,1-3H3,(H,40,43)/t31-,35-/m1/s1. The van der Waals surface area contributed by atoms with Gasteiger partial charge in [0.05, 0.1) is 37.2 Å². The van der Waals surface area contributed by atoms with Gasteiger partial charge in [-0.3, -0.25) is 10.1 Å². The smallest absolute Gasteiger partial charge is 0.411 e. The molecule has 2 amide bonds. The topological polar surface area (TPSA) is 135 Å². The number of carbonyl (C=O) groups excluding carboxylic acids is 2. The molecule has 0 saturated carbocycles. The molecular weight excluding hydrogens is 644 g/mol. The van der Waals surface area contributed by atoms with Crippen molar-refractivity contribution in [3.63, 3.8) is 0 Å². The van der Waals surface area contributed by atoms with Crippen LogP contribution in [-0.4, -0.2) is 59.7 Å². The first-order valence-corrected chi connectivity index (χ1v) is 17.6. The van der Waals surface area contributed by atoms with Crippen molar-refractivity contribution in [2.45, 2.75) is 47.7 Å². The zero-order valence-electron chi connectivity index (χ0n) is 27.7. The molecule has 0 unspecified atom stereocenters. The van der Waals surface area contributed by atoms with E-state index in [-0.39, 0.29) is 15.7 Å². The molecule has 0 bridgehead atoms. The van der Waals surface area contributed by atoms with Crippen molar-refractivity contribution >= 4 is 33.2 Å². The van der Waals surface area contributed by atoms with Gasteiger partial charge in [0, 0.05) is 24.5 Å².